The van der Waals surface area contributed by atoms with Crippen molar-refractivity contribution < 1.29 is 23.8 Å². The van der Waals surface area contributed by atoms with Crippen LogP contribution in [0.1, 0.15) is 17.5 Å². The highest BCUT2D eigenvalue weighted by Crippen LogP contribution is 2.25. The van der Waals surface area contributed by atoms with Gasteiger partial charge in [0.1, 0.15) is 23.1 Å². The van der Waals surface area contributed by atoms with Gasteiger partial charge in [-0.1, -0.05) is 24.3 Å². The van der Waals surface area contributed by atoms with Crippen molar-refractivity contribution in [3.63, 3.8) is 0 Å². The van der Waals surface area contributed by atoms with Crippen molar-refractivity contribution in [1.29, 1.82) is 0 Å². The quantitative estimate of drug-likeness (QED) is 0.505. The predicted octanol–water partition coefficient (Wildman–Crippen LogP) is 5.10. The first kappa shape index (κ1) is 21.3. The Labute approximate surface area is 175 Å². The second-order valence-electron chi connectivity index (χ2n) is 6.91. The summed E-state index contributed by atoms with van der Waals surface area (Å²) >= 11 is 0. The molecular formula is C24H24FNO4. The van der Waals surface area contributed by atoms with Crippen molar-refractivity contribution in [3.8, 4) is 17.2 Å². The van der Waals surface area contributed by atoms with E-state index in [0.717, 1.165) is 16.9 Å². The zero-order chi connectivity index (χ0) is 21.3. The van der Waals surface area contributed by atoms with Crippen LogP contribution in [0.25, 0.3) is 0 Å². The Morgan fingerprint density at radius 1 is 0.900 bits per heavy atom. The monoisotopic (exact) mass is 409 g/mol. The van der Waals surface area contributed by atoms with Gasteiger partial charge >= 0.3 is 5.97 Å². The molecule has 3 aromatic rings. The molecule has 0 aliphatic carbocycles. The summed E-state index contributed by atoms with van der Waals surface area (Å²) in [5.74, 6) is 0.955. The Bertz CT molecular complexity index is 975. The second-order valence-corrected chi connectivity index (χ2v) is 6.91. The van der Waals surface area contributed by atoms with E-state index >= 15 is 0 Å². The van der Waals surface area contributed by atoms with Gasteiger partial charge in [0.25, 0.3) is 0 Å². The van der Waals surface area contributed by atoms with Crippen LogP contribution in [0.5, 0.6) is 17.2 Å². The standard InChI is InChI=1S/C24H24FNO4/c1-29-21-8-10-22(11-9-21)30-23-7-3-5-19(15-23)17-26(13-12-24(27)28)16-18-4-2-6-20(25)14-18/h2-11,14-15H,12-13,16-17H2,1H3,(H,27,28). The highest BCUT2D eigenvalue weighted by Gasteiger charge is 2.11. The van der Waals surface area contributed by atoms with Gasteiger partial charge in [0.2, 0.25) is 0 Å². The number of carbonyl (C=O) groups is 1. The summed E-state index contributed by atoms with van der Waals surface area (Å²) in [5, 5.41) is 9.07. The van der Waals surface area contributed by atoms with Crippen molar-refractivity contribution >= 4 is 5.97 Å². The van der Waals surface area contributed by atoms with Crippen LogP contribution in [0.15, 0.2) is 72.8 Å². The molecule has 0 aliphatic heterocycles. The van der Waals surface area contributed by atoms with Gasteiger partial charge in [-0.25, -0.2) is 4.39 Å². The molecule has 0 bridgehead atoms. The smallest absolute Gasteiger partial charge is 0.304 e. The van der Waals surface area contributed by atoms with Crippen LogP contribution in [0.2, 0.25) is 0 Å². The maximum Gasteiger partial charge on any atom is 0.304 e. The lowest BCUT2D eigenvalue weighted by molar-refractivity contribution is -0.137. The average molecular weight is 409 g/mol. The van der Waals surface area contributed by atoms with Gasteiger partial charge < -0.3 is 14.6 Å². The SMILES string of the molecule is COc1ccc(Oc2cccc(CN(CCC(=O)O)Cc3cccc(F)c3)c2)cc1. The van der Waals surface area contributed by atoms with E-state index in [-0.39, 0.29) is 12.2 Å². The molecule has 0 fully saturated rings. The third-order valence-corrected chi connectivity index (χ3v) is 4.54. The van der Waals surface area contributed by atoms with Crippen LogP contribution < -0.4 is 9.47 Å². The molecule has 0 saturated heterocycles. The lowest BCUT2D eigenvalue weighted by atomic mass is 10.1. The van der Waals surface area contributed by atoms with Crippen molar-refractivity contribution in [2.75, 3.05) is 13.7 Å². The normalized spacial score (nSPS) is 10.8. The van der Waals surface area contributed by atoms with Crippen LogP contribution >= 0.6 is 0 Å². The third kappa shape index (κ3) is 6.60. The number of halogens is 1. The second kappa shape index (κ2) is 10.4. The minimum Gasteiger partial charge on any atom is -0.497 e. The molecule has 0 unspecified atom stereocenters. The molecule has 156 valence electrons. The molecule has 1 N–H and O–H groups in total. The fraction of sp³-hybridized carbons (Fsp3) is 0.208. The summed E-state index contributed by atoms with van der Waals surface area (Å²) < 4.78 is 24.6. The summed E-state index contributed by atoms with van der Waals surface area (Å²) in [6.07, 6.45) is 0.0113. The number of nitrogens with zero attached hydrogens (tertiary/aromatic N) is 1. The summed E-state index contributed by atoms with van der Waals surface area (Å²) in [4.78, 5) is 13.0. The maximum absolute atomic E-state index is 13.5. The Morgan fingerprint density at radius 2 is 1.53 bits per heavy atom. The number of rotatable bonds is 10. The van der Waals surface area contributed by atoms with E-state index in [1.54, 1.807) is 13.2 Å². The maximum atomic E-state index is 13.5. The van der Waals surface area contributed by atoms with Crippen LogP contribution in [0.4, 0.5) is 4.39 Å². The molecule has 5 nitrogen and oxygen atoms in total. The van der Waals surface area contributed by atoms with Crippen molar-refractivity contribution in [2.24, 2.45) is 0 Å². The predicted molar refractivity (Wildman–Crippen MR) is 112 cm³/mol. The van der Waals surface area contributed by atoms with Gasteiger partial charge in [-0.3, -0.25) is 9.69 Å². The summed E-state index contributed by atoms with van der Waals surface area (Å²) in [7, 11) is 1.61. The lowest BCUT2D eigenvalue weighted by Crippen LogP contribution is -2.25. The number of benzene rings is 3. The first-order valence-corrected chi connectivity index (χ1v) is 9.61. The number of hydrogen-bond donors (Lipinski definition) is 1. The van der Waals surface area contributed by atoms with E-state index in [4.69, 9.17) is 14.6 Å². The Kier molecular flexibility index (Phi) is 7.40. The summed E-state index contributed by atoms with van der Waals surface area (Å²) in [6.45, 7) is 1.33. The van der Waals surface area contributed by atoms with Crippen molar-refractivity contribution in [3.05, 3.63) is 89.7 Å². The van der Waals surface area contributed by atoms with Crippen LogP contribution in [-0.2, 0) is 17.9 Å². The zero-order valence-corrected chi connectivity index (χ0v) is 16.8. The highest BCUT2D eigenvalue weighted by molar-refractivity contribution is 5.66. The molecule has 0 radical (unpaired) electrons. The molecule has 0 spiro atoms. The van der Waals surface area contributed by atoms with Crippen molar-refractivity contribution in [2.45, 2.75) is 19.5 Å². The van der Waals surface area contributed by atoms with E-state index in [1.165, 1.54) is 12.1 Å². The molecule has 30 heavy (non-hydrogen) atoms. The molecular weight excluding hydrogens is 385 g/mol. The van der Waals surface area contributed by atoms with E-state index in [0.29, 0.717) is 31.1 Å². The highest BCUT2D eigenvalue weighted by atomic mass is 19.1. The number of hydrogen-bond acceptors (Lipinski definition) is 4. The van der Waals surface area contributed by atoms with Gasteiger partial charge in [0.05, 0.1) is 13.5 Å². The first-order chi connectivity index (χ1) is 14.5. The molecule has 6 heteroatoms. The number of carboxylic acids is 1. The largest absolute Gasteiger partial charge is 0.497 e. The third-order valence-electron chi connectivity index (χ3n) is 4.54. The molecule has 0 saturated carbocycles. The van der Waals surface area contributed by atoms with Crippen LogP contribution in [0, 0.1) is 5.82 Å². The zero-order valence-electron chi connectivity index (χ0n) is 16.8. The Morgan fingerprint density at radius 3 is 2.17 bits per heavy atom. The van der Waals surface area contributed by atoms with Crippen LogP contribution in [-0.4, -0.2) is 29.6 Å². The molecule has 0 aliphatic rings. The van der Waals surface area contributed by atoms with E-state index in [1.807, 2.05) is 59.5 Å². The lowest BCUT2D eigenvalue weighted by Gasteiger charge is -2.22. The molecule has 0 heterocycles. The molecule has 3 rings (SSSR count). The summed E-state index contributed by atoms with van der Waals surface area (Å²) in [6, 6.07) is 21.3. The average Bonchev–Trinajstić information content (AvgIpc) is 2.73. The Hall–Kier alpha value is -3.38. The number of carboxylic acid groups (broad SMARTS) is 1. The minimum absolute atomic E-state index is 0.0113. The minimum atomic E-state index is -0.865. The van der Waals surface area contributed by atoms with E-state index < -0.39 is 5.97 Å². The van der Waals surface area contributed by atoms with E-state index in [9.17, 15) is 9.18 Å². The number of aliphatic carboxylic acids is 1. The van der Waals surface area contributed by atoms with Crippen molar-refractivity contribution in [1.82, 2.24) is 4.90 Å². The molecule has 3 aromatic carbocycles. The molecule has 0 atom stereocenters. The first-order valence-electron chi connectivity index (χ1n) is 9.61. The number of methoxy groups -OCH3 is 1. The molecule has 0 aromatic heterocycles. The fourth-order valence-electron chi connectivity index (χ4n) is 3.11. The Balaban J connectivity index is 1.71. The topological polar surface area (TPSA) is 59.0 Å². The van der Waals surface area contributed by atoms with Gasteiger partial charge in [-0.2, -0.15) is 0 Å². The molecule has 0 amide bonds. The van der Waals surface area contributed by atoms with Gasteiger partial charge in [0.15, 0.2) is 0 Å². The van der Waals surface area contributed by atoms with E-state index in [2.05, 4.69) is 0 Å². The van der Waals surface area contributed by atoms with Gasteiger partial charge in [0, 0.05) is 19.6 Å². The fourth-order valence-corrected chi connectivity index (χ4v) is 3.11. The van der Waals surface area contributed by atoms with Gasteiger partial charge in [-0.05, 0) is 59.7 Å². The van der Waals surface area contributed by atoms with Gasteiger partial charge in [-0.15, -0.1) is 0 Å². The number of ether oxygens (including phenoxy) is 2. The van der Waals surface area contributed by atoms with Crippen LogP contribution in [0.3, 0.4) is 0 Å². The summed E-state index contributed by atoms with van der Waals surface area (Å²) in [5.41, 5.74) is 1.77.